The smallest absolute Gasteiger partial charge is 0.161 e. The van der Waals surface area contributed by atoms with E-state index in [1.165, 1.54) is 12.1 Å². The molecule has 0 unspecified atom stereocenters. The Hall–Kier alpha value is -1.72. The van der Waals surface area contributed by atoms with Gasteiger partial charge in [0.15, 0.2) is 5.82 Å². The second-order valence-corrected chi connectivity index (χ2v) is 5.95. The van der Waals surface area contributed by atoms with Crippen molar-refractivity contribution in [2.75, 3.05) is 5.43 Å². The number of rotatable bonds is 2. The van der Waals surface area contributed by atoms with Crippen LogP contribution in [0.1, 0.15) is 26.5 Å². The fraction of sp³-hybridized carbons (Fsp3) is 0.286. The minimum Gasteiger partial charge on any atom is -0.308 e. The number of nitrogens with one attached hydrogen (secondary N) is 1. The van der Waals surface area contributed by atoms with Crippen LogP contribution >= 0.6 is 11.6 Å². The van der Waals surface area contributed by atoms with Crippen LogP contribution in [0, 0.1) is 5.82 Å². The highest BCUT2D eigenvalue weighted by atomic mass is 35.5. The molecule has 20 heavy (non-hydrogen) atoms. The van der Waals surface area contributed by atoms with Crippen LogP contribution in [0.3, 0.4) is 0 Å². The fourth-order valence-corrected chi connectivity index (χ4v) is 1.94. The van der Waals surface area contributed by atoms with E-state index in [-0.39, 0.29) is 5.41 Å². The highest BCUT2D eigenvalue weighted by molar-refractivity contribution is 6.30. The number of nitrogens with two attached hydrogens (primary N) is 1. The number of halogens is 2. The molecule has 106 valence electrons. The van der Waals surface area contributed by atoms with E-state index < -0.39 is 5.82 Å². The van der Waals surface area contributed by atoms with Crippen molar-refractivity contribution in [2.24, 2.45) is 5.84 Å². The predicted octanol–water partition coefficient (Wildman–Crippen LogP) is 3.52. The topological polar surface area (TPSA) is 63.8 Å². The summed E-state index contributed by atoms with van der Waals surface area (Å²) in [6.07, 6.45) is 0. The molecule has 0 atom stereocenters. The molecule has 3 N–H and O–H groups in total. The molecule has 0 aliphatic heterocycles. The lowest BCUT2D eigenvalue weighted by Crippen LogP contribution is -2.17. The summed E-state index contributed by atoms with van der Waals surface area (Å²) in [6.45, 7) is 6.08. The molecule has 0 amide bonds. The van der Waals surface area contributed by atoms with Crippen molar-refractivity contribution in [3.63, 3.8) is 0 Å². The summed E-state index contributed by atoms with van der Waals surface area (Å²) in [5.74, 6) is 5.85. The van der Waals surface area contributed by atoms with Gasteiger partial charge in [0.1, 0.15) is 11.6 Å². The first-order valence-corrected chi connectivity index (χ1v) is 6.50. The van der Waals surface area contributed by atoms with Gasteiger partial charge in [0, 0.05) is 22.1 Å². The molecule has 0 saturated heterocycles. The maximum atomic E-state index is 13.5. The zero-order valence-corrected chi connectivity index (χ0v) is 12.3. The van der Waals surface area contributed by atoms with Gasteiger partial charge in [-0.05, 0) is 18.2 Å². The van der Waals surface area contributed by atoms with E-state index in [1.807, 2.05) is 20.8 Å². The van der Waals surface area contributed by atoms with Crippen LogP contribution in [0.4, 0.5) is 10.2 Å². The molecule has 1 heterocycles. The van der Waals surface area contributed by atoms with Gasteiger partial charge >= 0.3 is 0 Å². The lowest BCUT2D eigenvalue weighted by atomic mass is 9.92. The number of hydrazine groups is 1. The summed E-state index contributed by atoms with van der Waals surface area (Å²) < 4.78 is 13.5. The van der Waals surface area contributed by atoms with Gasteiger partial charge in [-0.25, -0.2) is 20.2 Å². The highest BCUT2D eigenvalue weighted by Gasteiger charge is 2.18. The summed E-state index contributed by atoms with van der Waals surface area (Å²) in [7, 11) is 0. The Labute approximate surface area is 122 Å². The van der Waals surface area contributed by atoms with Gasteiger partial charge in [0.2, 0.25) is 0 Å². The maximum Gasteiger partial charge on any atom is 0.161 e. The van der Waals surface area contributed by atoms with Crippen molar-refractivity contribution in [1.29, 1.82) is 0 Å². The lowest BCUT2D eigenvalue weighted by Gasteiger charge is -2.19. The van der Waals surface area contributed by atoms with Crippen molar-refractivity contribution in [2.45, 2.75) is 26.2 Å². The van der Waals surface area contributed by atoms with Crippen LogP contribution in [-0.2, 0) is 5.41 Å². The molecule has 1 aromatic carbocycles. The molecule has 2 aromatic rings. The quantitative estimate of drug-likeness (QED) is 0.657. The van der Waals surface area contributed by atoms with Gasteiger partial charge < -0.3 is 5.43 Å². The van der Waals surface area contributed by atoms with E-state index in [9.17, 15) is 4.39 Å². The predicted molar refractivity (Wildman–Crippen MR) is 78.9 cm³/mol. The number of nitrogens with zero attached hydrogens (tertiary/aromatic N) is 2. The van der Waals surface area contributed by atoms with Gasteiger partial charge in [0.05, 0.1) is 5.69 Å². The normalized spacial score (nSPS) is 11.5. The number of hydrogen-bond donors (Lipinski definition) is 2. The first-order chi connectivity index (χ1) is 9.29. The molecule has 0 aliphatic carbocycles. The monoisotopic (exact) mass is 294 g/mol. The first kappa shape index (κ1) is 14.7. The summed E-state index contributed by atoms with van der Waals surface area (Å²) in [6, 6.07) is 5.96. The Morgan fingerprint density at radius 1 is 1.15 bits per heavy atom. The summed E-state index contributed by atoms with van der Waals surface area (Å²) in [5.41, 5.74) is 3.63. The van der Waals surface area contributed by atoms with E-state index in [0.29, 0.717) is 22.2 Å². The number of benzene rings is 1. The van der Waals surface area contributed by atoms with Crippen molar-refractivity contribution in [3.8, 4) is 11.4 Å². The van der Waals surface area contributed by atoms with Crippen molar-refractivity contribution >= 4 is 17.4 Å². The van der Waals surface area contributed by atoms with Crippen LogP contribution in [0.5, 0.6) is 0 Å². The summed E-state index contributed by atoms with van der Waals surface area (Å²) >= 11 is 5.87. The van der Waals surface area contributed by atoms with Crippen LogP contribution in [0.15, 0.2) is 24.3 Å². The average Bonchev–Trinajstić information content (AvgIpc) is 2.36. The highest BCUT2D eigenvalue weighted by Crippen LogP contribution is 2.27. The van der Waals surface area contributed by atoms with Crippen LogP contribution in [-0.4, -0.2) is 9.97 Å². The molecule has 0 bridgehead atoms. The summed E-state index contributed by atoms with van der Waals surface area (Å²) in [5, 5.41) is 0.298. The Morgan fingerprint density at radius 2 is 1.85 bits per heavy atom. The van der Waals surface area contributed by atoms with E-state index in [0.717, 1.165) is 5.69 Å². The largest absolute Gasteiger partial charge is 0.308 e. The zero-order valence-electron chi connectivity index (χ0n) is 11.5. The van der Waals surface area contributed by atoms with Gasteiger partial charge in [-0.3, -0.25) is 0 Å². The molecule has 6 heteroatoms. The first-order valence-electron chi connectivity index (χ1n) is 6.12. The number of nitrogen functional groups attached to an aromatic ring is 1. The molecule has 0 saturated carbocycles. The number of hydrogen-bond acceptors (Lipinski definition) is 4. The van der Waals surface area contributed by atoms with Crippen molar-refractivity contribution < 1.29 is 4.39 Å². The second kappa shape index (κ2) is 5.34. The molecule has 2 rings (SSSR count). The third-order valence-corrected chi connectivity index (χ3v) is 2.98. The third-order valence-electron chi connectivity index (χ3n) is 2.76. The number of anilines is 1. The Bertz CT molecular complexity index is 617. The minimum absolute atomic E-state index is 0.180. The molecule has 0 fully saturated rings. The van der Waals surface area contributed by atoms with E-state index in [4.69, 9.17) is 17.4 Å². The molecule has 0 aliphatic rings. The lowest BCUT2D eigenvalue weighted by molar-refractivity contribution is 0.568. The van der Waals surface area contributed by atoms with Gasteiger partial charge in [-0.15, -0.1) is 0 Å². The SMILES string of the molecule is CC(C)(C)c1cc(NN)nc(-c2cc(F)cc(Cl)c2)n1. The van der Waals surface area contributed by atoms with Crippen LogP contribution in [0.2, 0.25) is 5.02 Å². The van der Waals surface area contributed by atoms with E-state index in [2.05, 4.69) is 15.4 Å². The Kier molecular flexibility index (Phi) is 3.92. The molecule has 0 spiro atoms. The second-order valence-electron chi connectivity index (χ2n) is 5.51. The fourth-order valence-electron chi connectivity index (χ4n) is 1.72. The molecule has 1 aromatic heterocycles. The Balaban J connectivity index is 2.61. The summed E-state index contributed by atoms with van der Waals surface area (Å²) in [4.78, 5) is 8.72. The minimum atomic E-state index is -0.431. The molecule has 0 radical (unpaired) electrons. The zero-order chi connectivity index (χ0) is 14.9. The molecular formula is C14H16ClFN4. The van der Waals surface area contributed by atoms with Crippen LogP contribution in [0.25, 0.3) is 11.4 Å². The molecule has 4 nitrogen and oxygen atoms in total. The Morgan fingerprint density at radius 3 is 2.40 bits per heavy atom. The van der Waals surface area contributed by atoms with Gasteiger partial charge in [0.25, 0.3) is 0 Å². The van der Waals surface area contributed by atoms with Gasteiger partial charge in [-0.2, -0.15) is 0 Å². The van der Waals surface area contributed by atoms with E-state index >= 15 is 0 Å². The third kappa shape index (κ3) is 3.23. The van der Waals surface area contributed by atoms with Crippen LogP contribution < -0.4 is 11.3 Å². The number of aromatic nitrogens is 2. The van der Waals surface area contributed by atoms with E-state index in [1.54, 1.807) is 12.1 Å². The molecular weight excluding hydrogens is 279 g/mol. The van der Waals surface area contributed by atoms with Crippen molar-refractivity contribution in [1.82, 2.24) is 9.97 Å². The average molecular weight is 295 g/mol. The van der Waals surface area contributed by atoms with Crippen molar-refractivity contribution in [3.05, 3.63) is 40.8 Å². The van der Waals surface area contributed by atoms with Gasteiger partial charge in [-0.1, -0.05) is 32.4 Å². The standard InChI is InChI=1S/C14H16ClFN4/c1-14(2,3)11-7-12(20-17)19-13(18-11)8-4-9(15)6-10(16)5-8/h4-7H,17H2,1-3H3,(H,18,19,20). The maximum absolute atomic E-state index is 13.5.